The lowest BCUT2D eigenvalue weighted by Gasteiger charge is -2.01. The number of rotatable bonds is 4. The number of carbonyl (C=O) groups is 1. The molecule has 0 spiro atoms. The molecular formula is C20H14FN3OS. The van der Waals surface area contributed by atoms with Crippen molar-refractivity contribution in [1.82, 2.24) is 14.4 Å². The Kier molecular flexibility index (Phi) is 4.18. The number of aryl methyl sites for hydroxylation is 1. The standard InChI is InChI=1S/C20H14FN3OS/c1-13-12-24-17(6-7-18(25)14-8-10-22-11-9-14)19(23-20(24)26-13)15-2-4-16(21)5-3-15/h2-12H,1H3/b7-6+. The summed E-state index contributed by atoms with van der Waals surface area (Å²) in [6.07, 6.45) is 8.44. The van der Waals surface area contributed by atoms with E-state index >= 15 is 0 Å². The number of pyridine rings is 1. The van der Waals surface area contributed by atoms with Gasteiger partial charge in [-0.05, 0) is 55.5 Å². The van der Waals surface area contributed by atoms with Gasteiger partial charge in [-0.1, -0.05) is 0 Å². The highest BCUT2D eigenvalue weighted by molar-refractivity contribution is 7.17. The molecule has 3 heterocycles. The molecule has 0 unspecified atom stereocenters. The first-order valence-electron chi connectivity index (χ1n) is 7.99. The third kappa shape index (κ3) is 3.07. The molecule has 0 saturated heterocycles. The first-order valence-corrected chi connectivity index (χ1v) is 8.80. The summed E-state index contributed by atoms with van der Waals surface area (Å²) in [7, 11) is 0. The van der Waals surface area contributed by atoms with Crippen molar-refractivity contribution in [3.05, 3.63) is 83.0 Å². The summed E-state index contributed by atoms with van der Waals surface area (Å²) < 4.78 is 15.2. The molecule has 0 amide bonds. The first-order chi connectivity index (χ1) is 12.6. The normalized spacial score (nSPS) is 11.5. The van der Waals surface area contributed by atoms with Crippen molar-refractivity contribution in [2.75, 3.05) is 0 Å². The van der Waals surface area contributed by atoms with E-state index < -0.39 is 0 Å². The number of allylic oxidation sites excluding steroid dienone is 1. The molecular weight excluding hydrogens is 349 g/mol. The van der Waals surface area contributed by atoms with Gasteiger partial charge in [-0.2, -0.15) is 0 Å². The van der Waals surface area contributed by atoms with E-state index in [2.05, 4.69) is 9.97 Å². The number of hydrogen-bond acceptors (Lipinski definition) is 4. The molecule has 0 bridgehead atoms. The zero-order valence-corrected chi connectivity index (χ0v) is 14.7. The second kappa shape index (κ2) is 6.65. The molecule has 4 nitrogen and oxygen atoms in total. The third-order valence-corrected chi connectivity index (χ3v) is 4.85. The van der Waals surface area contributed by atoms with Crippen molar-refractivity contribution in [2.24, 2.45) is 0 Å². The van der Waals surface area contributed by atoms with Crippen LogP contribution in [0.1, 0.15) is 20.9 Å². The number of aromatic nitrogens is 3. The van der Waals surface area contributed by atoms with Gasteiger partial charge in [-0.15, -0.1) is 11.3 Å². The second-order valence-electron chi connectivity index (χ2n) is 5.78. The van der Waals surface area contributed by atoms with E-state index in [4.69, 9.17) is 0 Å². The molecule has 26 heavy (non-hydrogen) atoms. The van der Waals surface area contributed by atoms with Crippen molar-refractivity contribution in [3.8, 4) is 11.3 Å². The van der Waals surface area contributed by atoms with Gasteiger partial charge < -0.3 is 0 Å². The molecule has 0 aliphatic heterocycles. The van der Waals surface area contributed by atoms with Gasteiger partial charge >= 0.3 is 0 Å². The largest absolute Gasteiger partial charge is 0.290 e. The molecule has 4 aromatic rings. The highest BCUT2D eigenvalue weighted by Crippen LogP contribution is 2.29. The molecule has 1 aromatic carbocycles. The predicted molar refractivity (Wildman–Crippen MR) is 101 cm³/mol. The van der Waals surface area contributed by atoms with Crippen LogP contribution in [0, 0.1) is 12.7 Å². The van der Waals surface area contributed by atoms with Gasteiger partial charge in [0.2, 0.25) is 0 Å². The quantitative estimate of drug-likeness (QED) is 0.386. The average molecular weight is 363 g/mol. The van der Waals surface area contributed by atoms with Crippen LogP contribution in [0.15, 0.2) is 61.1 Å². The highest BCUT2D eigenvalue weighted by atomic mass is 32.1. The van der Waals surface area contributed by atoms with Gasteiger partial charge in [0.25, 0.3) is 0 Å². The maximum Gasteiger partial charge on any atom is 0.194 e. The first kappa shape index (κ1) is 16.4. The summed E-state index contributed by atoms with van der Waals surface area (Å²) in [6, 6.07) is 9.54. The number of ketones is 1. The van der Waals surface area contributed by atoms with Crippen LogP contribution in [0.3, 0.4) is 0 Å². The zero-order chi connectivity index (χ0) is 18.1. The van der Waals surface area contributed by atoms with Crippen LogP contribution in [-0.4, -0.2) is 20.2 Å². The number of halogens is 1. The van der Waals surface area contributed by atoms with Crippen molar-refractivity contribution < 1.29 is 9.18 Å². The maximum absolute atomic E-state index is 13.3. The van der Waals surface area contributed by atoms with E-state index in [-0.39, 0.29) is 11.6 Å². The monoisotopic (exact) mass is 363 g/mol. The van der Waals surface area contributed by atoms with Crippen LogP contribution in [0.25, 0.3) is 22.3 Å². The fourth-order valence-electron chi connectivity index (χ4n) is 2.72. The Hall–Kier alpha value is -3.12. The van der Waals surface area contributed by atoms with Crippen LogP contribution in [-0.2, 0) is 0 Å². The lowest BCUT2D eigenvalue weighted by molar-refractivity contribution is 0.104. The molecule has 0 aliphatic carbocycles. The number of imidazole rings is 1. The van der Waals surface area contributed by atoms with Crippen LogP contribution >= 0.6 is 11.3 Å². The van der Waals surface area contributed by atoms with Gasteiger partial charge in [0.15, 0.2) is 10.7 Å². The highest BCUT2D eigenvalue weighted by Gasteiger charge is 2.14. The van der Waals surface area contributed by atoms with Crippen LogP contribution < -0.4 is 0 Å². The van der Waals surface area contributed by atoms with Gasteiger partial charge in [-0.3, -0.25) is 14.2 Å². The van der Waals surface area contributed by atoms with Gasteiger partial charge in [0.05, 0.1) is 11.4 Å². The van der Waals surface area contributed by atoms with Gasteiger partial charge in [0, 0.05) is 34.6 Å². The lowest BCUT2D eigenvalue weighted by Crippen LogP contribution is -1.94. The fraction of sp³-hybridized carbons (Fsp3) is 0.0500. The van der Waals surface area contributed by atoms with Crippen molar-refractivity contribution >= 4 is 28.2 Å². The van der Waals surface area contributed by atoms with Crippen molar-refractivity contribution in [1.29, 1.82) is 0 Å². The Bertz CT molecular complexity index is 1110. The van der Waals surface area contributed by atoms with Crippen LogP contribution in [0.5, 0.6) is 0 Å². The Balaban J connectivity index is 1.79. The molecule has 0 radical (unpaired) electrons. The van der Waals surface area contributed by atoms with Gasteiger partial charge in [-0.25, -0.2) is 9.37 Å². The fourth-order valence-corrected chi connectivity index (χ4v) is 3.55. The number of nitrogens with zero attached hydrogens (tertiary/aromatic N) is 3. The van der Waals surface area contributed by atoms with Crippen LogP contribution in [0.4, 0.5) is 4.39 Å². The topological polar surface area (TPSA) is 47.3 Å². The number of benzene rings is 1. The third-order valence-electron chi connectivity index (χ3n) is 3.95. The molecule has 0 N–H and O–H groups in total. The maximum atomic E-state index is 13.3. The number of fused-ring (bicyclic) bond motifs is 1. The van der Waals surface area contributed by atoms with Crippen molar-refractivity contribution in [2.45, 2.75) is 6.92 Å². The van der Waals surface area contributed by atoms with Crippen molar-refractivity contribution in [3.63, 3.8) is 0 Å². The molecule has 0 aliphatic rings. The van der Waals surface area contributed by atoms with E-state index in [1.165, 1.54) is 18.2 Å². The molecule has 0 fully saturated rings. The Morgan fingerprint density at radius 1 is 1.15 bits per heavy atom. The molecule has 4 rings (SSSR count). The number of carbonyl (C=O) groups excluding carboxylic acids is 1. The Morgan fingerprint density at radius 2 is 1.88 bits per heavy atom. The molecule has 6 heteroatoms. The number of hydrogen-bond donors (Lipinski definition) is 0. The summed E-state index contributed by atoms with van der Waals surface area (Å²) in [5, 5.41) is 0. The average Bonchev–Trinajstić information content (AvgIpc) is 3.17. The lowest BCUT2D eigenvalue weighted by atomic mass is 10.1. The van der Waals surface area contributed by atoms with E-state index in [9.17, 15) is 9.18 Å². The van der Waals surface area contributed by atoms with E-state index in [1.807, 2.05) is 17.5 Å². The molecule has 128 valence electrons. The minimum atomic E-state index is -0.296. The smallest absolute Gasteiger partial charge is 0.194 e. The van der Waals surface area contributed by atoms with Crippen LogP contribution in [0.2, 0.25) is 0 Å². The number of thiazole rings is 1. The minimum absolute atomic E-state index is 0.112. The molecule has 3 aromatic heterocycles. The summed E-state index contributed by atoms with van der Waals surface area (Å²) >= 11 is 1.57. The Labute approximate surface area is 153 Å². The Morgan fingerprint density at radius 3 is 2.62 bits per heavy atom. The van der Waals surface area contributed by atoms with E-state index in [0.717, 1.165) is 26.8 Å². The molecule has 0 saturated carbocycles. The second-order valence-corrected chi connectivity index (χ2v) is 6.99. The summed E-state index contributed by atoms with van der Waals surface area (Å²) in [4.78, 5) is 22.9. The zero-order valence-electron chi connectivity index (χ0n) is 13.9. The SMILES string of the molecule is Cc1cn2c(/C=C/C(=O)c3ccncc3)c(-c3ccc(F)cc3)nc2s1. The van der Waals surface area contributed by atoms with E-state index in [0.29, 0.717) is 5.56 Å². The minimum Gasteiger partial charge on any atom is -0.290 e. The predicted octanol–water partition coefficient (Wildman–Crippen LogP) is 4.80. The summed E-state index contributed by atoms with van der Waals surface area (Å²) in [5.41, 5.74) is 2.88. The summed E-state index contributed by atoms with van der Waals surface area (Å²) in [6.45, 7) is 2.01. The van der Waals surface area contributed by atoms with Gasteiger partial charge in [0.1, 0.15) is 5.82 Å². The van der Waals surface area contributed by atoms with E-state index in [1.54, 1.807) is 54.1 Å². The molecule has 0 atom stereocenters. The summed E-state index contributed by atoms with van der Waals surface area (Å²) in [5.74, 6) is -0.407.